The number of aliphatic imine (C=N–C) groups is 1. The summed E-state index contributed by atoms with van der Waals surface area (Å²) >= 11 is 0. The number of carbonyl (C=O) groups excluding carboxylic acids is 2. The van der Waals surface area contributed by atoms with Gasteiger partial charge in [0.25, 0.3) is 11.8 Å². The van der Waals surface area contributed by atoms with Gasteiger partial charge in [0.2, 0.25) is 0 Å². The van der Waals surface area contributed by atoms with Crippen LogP contribution in [0.2, 0.25) is 0 Å². The summed E-state index contributed by atoms with van der Waals surface area (Å²) in [6, 6.07) is 19.9. The molecule has 1 N–H and O–H groups in total. The van der Waals surface area contributed by atoms with Gasteiger partial charge >= 0.3 is 0 Å². The second-order valence-corrected chi connectivity index (χ2v) is 6.41. The van der Waals surface area contributed by atoms with Gasteiger partial charge in [0.05, 0.1) is 12.0 Å². The van der Waals surface area contributed by atoms with Gasteiger partial charge in [-0.25, -0.2) is 4.99 Å². The fourth-order valence-electron chi connectivity index (χ4n) is 3.18. The molecule has 0 saturated carbocycles. The number of para-hydroxylation sites is 1. The van der Waals surface area contributed by atoms with E-state index in [0.717, 1.165) is 0 Å². The Morgan fingerprint density at radius 1 is 0.966 bits per heavy atom. The normalized spacial score (nSPS) is 18.3. The summed E-state index contributed by atoms with van der Waals surface area (Å²) in [7, 11) is 0. The number of carbonyl (C=O) groups is 2. The zero-order valence-corrected chi connectivity index (χ0v) is 15.1. The third kappa shape index (κ3) is 2.94. The largest absolute Gasteiger partial charge is 0.465 e. The van der Waals surface area contributed by atoms with Crippen LogP contribution in [0.15, 0.2) is 93.2 Å². The Labute approximate surface area is 165 Å². The lowest BCUT2D eigenvalue weighted by Crippen LogP contribution is -2.30. The van der Waals surface area contributed by atoms with Crippen LogP contribution in [0.25, 0.3) is 6.08 Å². The minimum atomic E-state index is -0.440. The number of nitrogens with one attached hydrogen (secondary N) is 1. The summed E-state index contributed by atoms with van der Waals surface area (Å²) in [5, 5.41) is 8.33. The monoisotopic (exact) mass is 382 g/mol. The molecule has 2 aliphatic rings. The highest BCUT2D eigenvalue weighted by Crippen LogP contribution is 2.27. The lowest BCUT2D eigenvalue weighted by atomic mass is 10.1. The van der Waals surface area contributed by atoms with Gasteiger partial charge in [0.15, 0.2) is 11.5 Å². The first-order valence-corrected chi connectivity index (χ1v) is 8.94. The van der Waals surface area contributed by atoms with Crippen LogP contribution < -0.4 is 5.32 Å². The number of furan rings is 1. The van der Waals surface area contributed by atoms with Crippen LogP contribution in [-0.4, -0.2) is 28.4 Å². The van der Waals surface area contributed by atoms with Crippen molar-refractivity contribution >= 4 is 35.1 Å². The van der Waals surface area contributed by atoms with Crippen LogP contribution in [0.3, 0.4) is 0 Å². The Hall–Kier alpha value is -4.26. The first-order chi connectivity index (χ1) is 14.2. The van der Waals surface area contributed by atoms with Gasteiger partial charge in [-0.1, -0.05) is 48.5 Å². The average molecular weight is 382 g/mol. The molecule has 7 nitrogen and oxygen atoms in total. The standard InChI is InChI=1S/C22H14N4O3/c27-21-19(16-10-4-5-11-17(16)24-21)25-26-20(14-7-2-1-3-8-14)23-18(22(26)28)13-15-9-6-12-29-15/h1-13H,(H,24,25,27)/b18-13-. The SMILES string of the molecule is O=C1Nc2ccccc2/C1=N/N1C(=O)/C(=C/c2ccco2)N=C1c1ccccc1. The molecule has 0 spiro atoms. The van der Waals surface area contributed by atoms with Crippen molar-refractivity contribution in [1.29, 1.82) is 0 Å². The van der Waals surface area contributed by atoms with Crippen LogP contribution in [0.1, 0.15) is 16.9 Å². The molecule has 0 aliphatic carbocycles. The molecule has 2 amide bonds. The number of fused-ring (bicyclic) bond motifs is 1. The summed E-state index contributed by atoms with van der Waals surface area (Å²) in [6.07, 6.45) is 3.07. The maximum atomic E-state index is 13.1. The molecule has 0 bridgehead atoms. The van der Waals surface area contributed by atoms with Crippen LogP contribution in [0.4, 0.5) is 5.69 Å². The highest BCUT2D eigenvalue weighted by molar-refractivity contribution is 6.54. The molecule has 0 saturated heterocycles. The number of rotatable bonds is 3. The van der Waals surface area contributed by atoms with E-state index in [9.17, 15) is 9.59 Å². The van der Waals surface area contributed by atoms with Crippen LogP contribution in [0.5, 0.6) is 0 Å². The minimum Gasteiger partial charge on any atom is -0.465 e. The van der Waals surface area contributed by atoms with E-state index in [1.165, 1.54) is 11.3 Å². The van der Waals surface area contributed by atoms with E-state index in [4.69, 9.17) is 4.42 Å². The van der Waals surface area contributed by atoms with Crippen molar-refractivity contribution < 1.29 is 14.0 Å². The number of benzene rings is 2. The van der Waals surface area contributed by atoms with Crippen molar-refractivity contribution in [2.24, 2.45) is 10.1 Å². The first kappa shape index (κ1) is 16.9. The third-order valence-electron chi connectivity index (χ3n) is 4.54. The number of nitrogens with zero attached hydrogens (tertiary/aromatic N) is 3. The van der Waals surface area contributed by atoms with Crippen molar-refractivity contribution in [3.8, 4) is 0 Å². The average Bonchev–Trinajstić information content (AvgIpc) is 3.44. The van der Waals surface area contributed by atoms with E-state index in [0.29, 0.717) is 28.4 Å². The first-order valence-electron chi connectivity index (χ1n) is 8.94. The molecule has 0 atom stereocenters. The van der Waals surface area contributed by atoms with E-state index >= 15 is 0 Å². The van der Waals surface area contributed by atoms with Gasteiger partial charge in [-0.2, -0.15) is 10.1 Å². The number of hydrazone groups is 1. The molecular weight excluding hydrogens is 368 g/mol. The fraction of sp³-hybridized carbons (Fsp3) is 0. The summed E-state index contributed by atoms with van der Waals surface area (Å²) in [6.45, 7) is 0. The van der Waals surface area contributed by atoms with Crippen molar-refractivity contribution in [3.63, 3.8) is 0 Å². The molecule has 0 unspecified atom stereocenters. The summed E-state index contributed by atoms with van der Waals surface area (Å²) in [5.41, 5.74) is 2.35. The predicted molar refractivity (Wildman–Crippen MR) is 108 cm³/mol. The second-order valence-electron chi connectivity index (χ2n) is 6.41. The van der Waals surface area contributed by atoms with Crippen LogP contribution >= 0.6 is 0 Å². The quantitative estimate of drug-likeness (QED) is 0.706. The highest BCUT2D eigenvalue weighted by atomic mass is 16.3. The van der Waals surface area contributed by atoms with E-state index in [2.05, 4.69) is 15.4 Å². The minimum absolute atomic E-state index is 0.164. The molecule has 7 heteroatoms. The molecule has 1 aromatic heterocycles. The summed E-state index contributed by atoms with van der Waals surface area (Å²) in [5.74, 6) is 0.0425. The fourth-order valence-corrected chi connectivity index (χ4v) is 3.18. The molecule has 140 valence electrons. The lowest BCUT2D eigenvalue weighted by molar-refractivity contribution is -0.122. The number of amides is 2. The van der Waals surface area contributed by atoms with Gasteiger partial charge in [0.1, 0.15) is 11.5 Å². The second kappa shape index (κ2) is 6.72. The van der Waals surface area contributed by atoms with Gasteiger partial charge in [-0.05, 0) is 18.2 Å². The number of anilines is 1. The Morgan fingerprint density at radius 2 is 1.76 bits per heavy atom. The van der Waals surface area contributed by atoms with Crippen molar-refractivity contribution in [3.05, 3.63) is 95.6 Å². The molecule has 2 aliphatic heterocycles. The van der Waals surface area contributed by atoms with Gasteiger partial charge in [0, 0.05) is 17.2 Å². The van der Waals surface area contributed by atoms with Crippen molar-refractivity contribution in [2.45, 2.75) is 0 Å². The van der Waals surface area contributed by atoms with Crippen molar-refractivity contribution in [2.75, 3.05) is 5.32 Å². The number of hydrogen-bond donors (Lipinski definition) is 1. The Balaban J connectivity index is 1.62. The zero-order valence-electron chi connectivity index (χ0n) is 15.1. The number of hydrogen-bond acceptors (Lipinski definition) is 5. The number of amidine groups is 1. The van der Waals surface area contributed by atoms with Crippen LogP contribution in [0, 0.1) is 0 Å². The third-order valence-corrected chi connectivity index (χ3v) is 4.54. The molecule has 3 heterocycles. The smallest absolute Gasteiger partial charge is 0.298 e. The summed E-state index contributed by atoms with van der Waals surface area (Å²) in [4.78, 5) is 30.0. The Morgan fingerprint density at radius 3 is 2.55 bits per heavy atom. The van der Waals surface area contributed by atoms with E-state index in [-0.39, 0.29) is 17.3 Å². The molecule has 3 aromatic rings. The predicted octanol–water partition coefficient (Wildman–Crippen LogP) is 3.27. The molecule has 2 aromatic carbocycles. The molecular formula is C22H14N4O3. The molecule has 29 heavy (non-hydrogen) atoms. The van der Waals surface area contributed by atoms with E-state index < -0.39 is 5.91 Å². The molecule has 0 radical (unpaired) electrons. The van der Waals surface area contributed by atoms with Gasteiger partial charge in [-0.3, -0.25) is 9.59 Å². The topological polar surface area (TPSA) is 87.3 Å². The van der Waals surface area contributed by atoms with Crippen LogP contribution in [-0.2, 0) is 9.59 Å². The van der Waals surface area contributed by atoms with Crippen molar-refractivity contribution in [1.82, 2.24) is 5.01 Å². The maximum absolute atomic E-state index is 13.1. The summed E-state index contributed by atoms with van der Waals surface area (Å²) < 4.78 is 5.30. The van der Waals surface area contributed by atoms with Gasteiger partial charge < -0.3 is 9.73 Å². The Bertz CT molecular complexity index is 1210. The maximum Gasteiger partial charge on any atom is 0.298 e. The van der Waals surface area contributed by atoms with E-state index in [1.807, 2.05) is 42.5 Å². The molecule has 5 rings (SSSR count). The molecule has 0 fully saturated rings. The van der Waals surface area contributed by atoms with Gasteiger partial charge in [-0.15, -0.1) is 0 Å². The Kier molecular flexibility index (Phi) is 3.91. The van der Waals surface area contributed by atoms with E-state index in [1.54, 1.807) is 30.3 Å². The zero-order chi connectivity index (χ0) is 19.8. The lowest BCUT2D eigenvalue weighted by Gasteiger charge is -2.13. The highest BCUT2D eigenvalue weighted by Gasteiger charge is 2.34.